The molecule has 1 rings (SSSR count). The average molecular weight is 410 g/mol. The first-order chi connectivity index (χ1) is 11.8. The van der Waals surface area contributed by atoms with E-state index in [1.165, 1.54) is 0 Å². The molecule has 0 aliphatic rings. The Balaban J connectivity index is 2.22. The van der Waals surface area contributed by atoms with Crippen LogP contribution in [0.5, 0.6) is 0 Å². The lowest BCUT2D eigenvalue weighted by Crippen LogP contribution is -2.27. The van der Waals surface area contributed by atoms with Crippen molar-refractivity contribution in [2.45, 2.75) is 19.3 Å². The number of hydrogen-bond acceptors (Lipinski definition) is 4. The number of allylic oxidation sites excluding steroid dienone is 1. The number of halogens is 2. The lowest BCUT2D eigenvalue weighted by Gasteiger charge is -2.05. The Morgan fingerprint density at radius 2 is 1.88 bits per heavy atom. The van der Waals surface area contributed by atoms with Gasteiger partial charge in [-0.3, -0.25) is 0 Å². The third kappa shape index (κ3) is 11.2. The van der Waals surface area contributed by atoms with Crippen LogP contribution in [-0.2, 0) is 19.6 Å². The first-order valence-electron chi connectivity index (χ1n) is 7.68. The predicted octanol–water partition coefficient (Wildman–Crippen LogP) is 3.20. The van der Waals surface area contributed by atoms with E-state index in [4.69, 9.17) is 33.0 Å². The normalized spacial score (nSPS) is 11.9. The van der Waals surface area contributed by atoms with Gasteiger partial charge in [0.2, 0.25) is 10.0 Å². The highest BCUT2D eigenvalue weighted by Gasteiger charge is 2.07. The molecule has 0 saturated carbocycles. The van der Waals surface area contributed by atoms with E-state index in [0.717, 1.165) is 5.56 Å². The second kappa shape index (κ2) is 11.5. The molecule has 0 bridgehead atoms. The second-order valence-corrected chi connectivity index (χ2v) is 8.06. The van der Waals surface area contributed by atoms with Crippen LogP contribution in [0.15, 0.2) is 24.3 Å². The van der Waals surface area contributed by atoms with Crippen LogP contribution in [0.3, 0.4) is 0 Å². The number of benzene rings is 1. The van der Waals surface area contributed by atoms with Gasteiger partial charge in [-0.25, -0.2) is 17.9 Å². The quantitative estimate of drug-likeness (QED) is 0.517. The van der Waals surface area contributed by atoms with Crippen LogP contribution in [0.4, 0.5) is 0 Å². The summed E-state index contributed by atoms with van der Waals surface area (Å²) in [7, 11) is -3.35. The van der Waals surface area contributed by atoms with Crippen molar-refractivity contribution in [3.05, 3.63) is 39.9 Å². The van der Waals surface area contributed by atoms with E-state index in [-0.39, 0.29) is 12.4 Å². The van der Waals surface area contributed by atoms with Crippen molar-refractivity contribution in [3.63, 3.8) is 0 Å². The van der Waals surface area contributed by atoms with Gasteiger partial charge < -0.3 is 9.84 Å². The summed E-state index contributed by atoms with van der Waals surface area (Å²) in [6, 6.07) is 5.10. The molecule has 1 aromatic rings. The Labute approximate surface area is 157 Å². The number of unbranched alkanes of at least 4 members (excludes halogenated alkanes) is 1. The molecule has 0 aliphatic heterocycles. The molecule has 0 unspecified atom stereocenters. The van der Waals surface area contributed by atoms with Crippen LogP contribution in [0, 0.1) is 0 Å². The minimum absolute atomic E-state index is 0.0205. The summed E-state index contributed by atoms with van der Waals surface area (Å²) < 4.78 is 31.0. The molecule has 0 radical (unpaired) electrons. The van der Waals surface area contributed by atoms with Gasteiger partial charge in [-0.1, -0.05) is 35.4 Å². The van der Waals surface area contributed by atoms with E-state index in [1.54, 1.807) is 30.4 Å². The van der Waals surface area contributed by atoms with Gasteiger partial charge in [-0.05, 0) is 43.0 Å². The topological polar surface area (TPSA) is 92.7 Å². The van der Waals surface area contributed by atoms with Crippen LogP contribution in [0.1, 0.15) is 24.8 Å². The number of carbonyl (C=O) groups is 1. The molecule has 6 nitrogen and oxygen atoms in total. The number of hydrogen-bond donors (Lipinski definition) is 2. The predicted molar refractivity (Wildman–Crippen MR) is 99.6 cm³/mol. The monoisotopic (exact) mass is 409 g/mol. The van der Waals surface area contributed by atoms with Gasteiger partial charge in [-0.2, -0.15) is 0 Å². The van der Waals surface area contributed by atoms with E-state index in [2.05, 4.69) is 4.72 Å². The molecule has 2 N–H and O–H groups in total. The fraction of sp³-hybridized carbons (Fsp3) is 0.438. The molecule has 9 heteroatoms. The molecule has 0 aromatic heterocycles. The van der Waals surface area contributed by atoms with Gasteiger partial charge >= 0.3 is 5.97 Å². The molecule has 1 aromatic carbocycles. The maximum Gasteiger partial charge on any atom is 0.329 e. The Kier molecular flexibility index (Phi) is 10.1. The summed E-state index contributed by atoms with van der Waals surface area (Å²) in [5.41, 5.74) is 0.809. The SMILES string of the molecule is O=C(O)COCCCCNS(=O)(=O)CC/C=C/c1cc(Cl)cc(Cl)c1. The summed E-state index contributed by atoms with van der Waals surface area (Å²) in [4.78, 5) is 10.2. The van der Waals surface area contributed by atoms with E-state index < -0.39 is 16.0 Å². The third-order valence-electron chi connectivity index (χ3n) is 3.01. The average Bonchev–Trinajstić information content (AvgIpc) is 2.49. The van der Waals surface area contributed by atoms with Gasteiger partial charge in [0.25, 0.3) is 0 Å². The molecule has 0 atom stereocenters. The summed E-state index contributed by atoms with van der Waals surface area (Å²) in [5.74, 6) is -1.04. The van der Waals surface area contributed by atoms with Crippen molar-refractivity contribution >= 4 is 45.3 Å². The number of ether oxygens (including phenoxy) is 1. The molecule has 25 heavy (non-hydrogen) atoms. The van der Waals surface area contributed by atoms with Crippen molar-refractivity contribution in [2.75, 3.05) is 25.5 Å². The summed E-state index contributed by atoms with van der Waals surface area (Å²) >= 11 is 11.8. The number of rotatable bonds is 12. The minimum Gasteiger partial charge on any atom is -0.480 e. The van der Waals surface area contributed by atoms with E-state index in [1.807, 2.05) is 0 Å². The van der Waals surface area contributed by atoms with Gasteiger partial charge in [0.05, 0.1) is 5.75 Å². The molecule has 140 valence electrons. The Hall–Kier alpha value is -1.12. The summed E-state index contributed by atoms with van der Waals surface area (Å²) in [5, 5.41) is 9.43. The van der Waals surface area contributed by atoms with Crippen LogP contribution in [0.25, 0.3) is 6.08 Å². The smallest absolute Gasteiger partial charge is 0.329 e. The van der Waals surface area contributed by atoms with E-state index in [9.17, 15) is 13.2 Å². The van der Waals surface area contributed by atoms with Crippen molar-refractivity contribution < 1.29 is 23.1 Å². The van der Waals surface area contributed by atoms with Crippen LogP contribution < -0.4 is 4.72 Å². The van der Waals surface area contributed by atoms with Gasteiger partial charge in [0.1, 0.15) is 6.61 Å². The number of sulfonamides is 1. The summed E-state index contributed by atoms with van der Waals surface area (Å²) in [6.45, 7) is 0.251. The number of carboxylic acid groups (broad SMARTS) is 1. The molecule has 0 aliphatic carbocycles. The first-order valence-corrected chi connectivity index (χ1v) is 10.1. The zero-order valence-electron chi connectivity index (χ0n) is 13.6. The molecular formula is C16H21Cl2NO5S. The zero-order chi connectivity index (χ0) is 18.7. The number of aliphatic carboxylic acids is 1. The fourth-order valence-corrected chi connectivity index (χ4v) is 3.49. The van der Waals surface area contributed by atoms with Gasteiger partial charge in [0.15, 0.2) is 0 Å². The maximum absolute atomic E-state index is 11.8. The highest BCUT2D eigenvalue weighted by Crippen LogP contribution is 2.20. The van der Waals surface area contributed by atoms with Gasteiger partial charge in [-0.15, -0.1) is 0 Å². The third-order valence-corrected chi connectivity index (χ3v) is 4.86. The highest BCUT2D eigenvalue weighted by molar-refractivity contribution is 7.89. The fourth-order valence-electron chi connectivity index (χ4n) is 1.90. The standard InChI is InChI=1S/C16H21Cl2NO5S/c17-14-9-13(10-15(18)11-14)5-1-4-8-25(22,23)19-6-2-3-7-24-12-16(20)21/h1,5,9-11,19H,2-4,6-8,12H2,(H,20,21)/b5-1+. The molecular weight excluding hydrogens is 389 g/mol. The maximum atomic E-state index is 11.8. The van der Waals surface area contributed by atoms with E-state index in [0.29, 0.717) is 42.5 Å². The zero-order valence-corrected chi connectivity index (χ0v) is 15.9. The molecule has 0 spiro atoms. The van der Waals surface area contributed by atoms with Crippen molar-refractivity contribution in [1.82, 2.24) is 4.72 Å². The lowest BCUT2D eigenvalue weighted by molar-refractivity contribution is -0.142. The van der Waals surface area contributed by atoms with Crippen molar-refractivity contribution in [2.24, 2.45) is 0 Å². The van der Waals surface area contributed by atoms with Crippen LogP contribution in [0.2, 0.25) is 10.0 Å². The van der Waals surface area contributed by atoms with Gasteiger partial charge in [0, 0.05) is 23.2 Å². The Bertz CT molecular complexity index is 672. The molecule has 0 fully saturated rings. The Morgan fingerprint density at radius 3 is 2.52 bits per heavy atom. The Morgan fingerprint density at radius 1 is 1.20 bits per heavy atom. The number of carboxylic acids is 1. The largest absolute Gasteiger partial charge is 0.480 e. The molecule has 0 heterocycles. The minimum atomic E-state index is -3.35. The molecule has 0 amide bonds. The van der Waals surface area contributed by atoms with Crippen molar-refractivity contribution in [1.29, 1.82) is 0 Å². The first kappa shape index (κ1) is 21.9. The lowest BCUT2D eigenvalue weighted by atomic mass is 10.2. The second-order valence-electron chi connectivity index (χ2n) is 5.26. The number of nitrogens with one attached hydrogen (secondary N) is 1. The van der Waals surface area contributed by atoms with E-state index >= 15 is 0 Å². The van der Waals surface area contributed by atoms with Crippen LogP contribution >= 0.6 is 23.2 Å². The van der Waals surface area contributed by atoms with Crippen molar-refractivity contribution in [3.8, 4) is 0 Å². The molecule has 0 saturated heterocycles. The highest BCUT2D eigenvalue weighted by atomic mass is 35.5. The van der Waals surface area contributed by atoms with Crippen LogP contribution in [-0.4, -0.2) is 45.0 Å². The summed E-state index contributed by atoms with van der Waals surface area (Å²) in [6.07, 6.45) is 5.05.